The van der Waals surface area contributed by atoms with Crippen LogP contribution in [0.1, 0.15) is 19.3 Å². The van der Waals surface area contributed by atoms with Gasteiger partial charge in [-0.1, -0.05) is 0 Å². The summed E-state index contributed by atoms with van der Waals surface area (Å²) in [5, 5.41) is 0. The van der Waals surface area contributed by atoms with Crippen molar-refractivity contribution in [3.8, 4) is 0 Å². The van der Waals surface area contributed by atoms with Crippen molar-refractivity contribution in [2.45, 2.75) is 19.3 Å². The maximum atomic E-state index is 2.45. The van der Waals surface area contributed by atoms with E-state index in [1.807, 2.05) is 0 Å². The van der Waals surface area contributed by atoms with Crippen LogP contribution in [-0.2, 0) is 0 Å². The van der Waals surface area contributed by atoms with E-state index < -0.39 is 0 Å². The quantitative estimate of drug-likeness (QED) is 0.568. The van der Waals surface area contributed by atoms with Crippen LogP contribution in [0.25, 0.3) is 0 Å². The fourth-order valence-electron chi connectivity index (χ4n) is 2.59. The van der Waals surface area contributed by atoms with Crippen LogP contribution in [-0.4, -0.2) is 41.2 Å². The van der Waals surface area contributed by atoms with Gasteiger partial charge in [0, 0.05) is 49.0 Å². The van der Waals surface area contributed by atoms with E-state index in [1.165, 1.54) is 45.4 Å². The zero-order valence-electron chi connectivity index (χ0n) is 8.38. The Kier molecular flexibility index (Phi) is 3.48. The average molecular weight is 294 g/mol. The third-order valence-corrected chi connectivity index (χ3v) is 4.33. The highest BCUT2D eigenvalue weighted by atomic mass is 127. The van der Waals surface area contributed by atoms with Gasteiger partial charge in [0.25, 0.3) is 0 Å². The first kappa shape index (κ1) is 10.2. The first-order valence-electron chi connectivity index (χ1n) is 5.33. The van der Waals surface area contributed by atoms with Crippen molar-refractivity contribution in [2.24, 2.45) is 11.8 Å². The van der Waals surface area contributed by atoms with Crippen LogP contribution in [0.2, 0.25) is 0 Å². The molecule has 2 aliphatic heterocycles. The Bertz CT molecular complexity index is 160. The number of hydrogen-bond acceptors (Lipinski definition) is 2. The van der Waals surface area contributed by atoms with E-state index in [0.29, 0.717) is 0 Å². The lowest BCUT2D eigenvalue weighted by Crippen LogP contribution is -2.45. The summed E-state index contributed by atoms with van der Waals surface area (Å²) < 4.78 is 2.43. The normalized spacial score (nSPS) is 29.1. The summed E-state index contributed by atoms with van der Waals surface area (Å²) >= 11 is 2.45. The molecule has 0 aromatic carbocycles. The average Bonchev–Trinajstić information content (AvgIpc) is 2.06. The number of halogens is 1. The second-order valence-electron chi connectivity index (χ2n) is 4.68. The number of piperidine rings is 1. The molecule has 0 spiro atoms. The molecule has 13 heavy (non-hydrogen) atoms. The van der Waals surface area contributed by atoms with Gasteiger partial charge in [-0.05, 0) is 38.1 Å². The summed E-state index contributed by atoms with van der Waals surface area (Å²) in [4.78, 5) is 2.43. The smallest absolute Gasteiger partial charge is 0.0201 e. The number of rotatable bonds is 2. The Morgan fingerprint density at radius 3 is 2.31 bits per heavy atom. The molecule has 0 aromatic rings. The van der Waals surface area contributed by atoms with Gasteiger partial charge >= 0.3 is 0 Å². The molecule has 0 radical (unpaired) electrons. The van der Waals surface area contributed by atoms with Crippen LogP contribution in [0, 0.1) is 11.8 Å². The fraction of sp³-hybridized carbons (Fsp3) is 1.00. The molecule has 2 saturated heterocycles. The standard InChI is InChI=1S/C10H19IN2/c1-12-7-10(8-12)6-9-2-4-13(11)5-3-9/h9-10H,2-8H2,1H3. The van der Waals surface area contributed by atoms with Gasteiger partial charge in [0.05, 0.1) is 0 Å². The minimum atomic E-state index is 1.02. The minimum Gasteiger partial charge on any atom is -0.306 e. The molecule has 0 N–H and O–H groups in total. The summed E-state index contributed by atoms with van der Waals surface area (Å²) in [6, 6.07) is 0. The predicted octanol–water partition coefficient (Wildman–Crippen LogP) is 2.00. The molecule has 0 amide bonds. The van der Waals surface area contributed by atoms with Crippen molar-refractivity contribution in [3.63, 3.8) is 0 Å². The molecule has 0 aromatic heterocycles. The number of nitrogens with zero attached hydrogens (tertiary/aromatic N) is 2. The molecule has 2 heterocycles. The molecule has 2 nitrogen and oxygen atoms in total. The highest BCUT2D eigenvalue weighted by Crippen LogP contribution is 2.29. The van der Waals surface area contributed by atoms with Gasteiger partial charge in [-0.3, -0.25) is 0 Å². The Hall–Kier alpha value is 0.650. The molecule has 2 rings (SSSR count). The maximum Gasteiger partial charge on any atom is 0.0201 e. The number of likely N-dealkylation sites (tertiary alicyclic amines) is 1. The molecule has 0 saturated carbocycles. The largest absolute Gasteiger partial charge is 0.306 e. The lowest BCUT2D eigenvalue weighted by Gasteiger charge is -2.39. The van der Waals surface area contributed by atoms with Gasteiger partial charge in [0.15, 0.2) is 0 Å². The molecule has 0 atom stereocenters. The number of hydrogen-bond donors (Lipinski definition) is 0. The molecule has 0 unspecified atom stereocenters. The Labute approximate surface area is 95.2 Å². The Morgan fingerprint density at radius 2 is 1.77 bits per heavy atom. The van der Waals surface area contributed by atoms with E-state index in [-0.39, 0.29) is 0 Å². The van der Waals surface area contributed by atoms with E-state index in [2.05, 4.69) is 37.9 Å². The summed E-state index contributed by atoms with van der Waals surface area (Å²) in [6.07, 6.45) is 4.36. The lowest BCUT2D eigenvalue weighted by atomic mass is 9.84. The second kappa shape index (κ2) is 4.45. The zero-order chi connectivity index (χ0) is 9.26. The van der Waals surface area contributed by atoms with Gasteiger partial charge in [-0.2, -0.15) is 0 Å². The molecule has 2 fully saturated rings. The Balaban J connectivity index is 1.65. The van der Waals surface area contributed by atoms with E-state index >= 15 is 0 Å². The first-order valence-corrected chi connectivity index (χ1v) is 6.30. The molecule has 3 heteroatoms. The Morgan fingerprint density at radius 1 is 1.15 bits per heavy atom. The van der Waals surface area contributed by atoms with Crippen molar-refractivity contribution in [1.82, 2.24) is 8.01 Å². The van der Waals surface area contributed by atoms with Gasteiger partial charge in [-0.15, -0.1) is 0 Å². The first-order chi connectivity index (χ1) is 6.24. The van der Waals surface area contributed by atoms with Crippen LogP contribution < -0.4 is 0 Å². The third kappa shape index (κ3) is 2.80. The van der Waals surface area contributed by atoms with E-state index in [4.69, 9.17) is 0 Å². The van der Waals surface area contributed by atoms with Gasteiger partial charge < -0.3 is 4.90 Å². The van der Waals surface area contributed by atoms with E-state index in [9.17, 15) is 0 Å². The zero-order valence-corrected chi connectivity index (χ0v) is 10.5. The lowest BCUT2D eigenvalue weighted by molar-refractivity contribution is 0.101. The van der Waals surface area contributed by atoms with Crippen LogP contribution in [0.5, 0.6) is 0 Å². The summed E-state index contributed by atoms with van der Waals surface area (Å²) in [7, 11) is 2.23. The van der Waals surface area contributed by atoms with Crippen LogP contribution in [0.3, 0.4) is 0 Å². The van der Waals surface area contributed by atoms with Gasteiger partial charge in [0.2, 0.25) is 0 Å². The molecule has 0 aliphatic carbocycles. The summed E-state index contributed by atoms with van der Waals surface area (Å²) in [5.41, 5.74) is 0. The minimum absolute atomic E-state index is 1.02. The van der Waals surface area contributed by atoms with E-state index in [0.717, 1.165) is 11.8 Å². The molecular formula is C10H19IN2. The SMILES string of the molecule is CN1CC(CC2CCN(I)CC2)C1. The monoisotopic (exact) mass is 294 g/mol. The summed E-state index contributed by atoms with van der Waals surface area (Å²) in [5.74, 6) is 2.06. The predicted molar refractivity (Wildman–Crippen MR) is 63.9 cm³/mol. The van der Waals surface area contributed by atoms with Crippen molar-refractivity contribution in [1.29, 1.82) is 0 Å². The molecular weight excluding hydrogens is 275 g/mol. The fourth-order valence-corrected chi connectivity index (χ4v) is 3.14. The van der Waals surface area contributed by atoms with Gasteiger partial charge in [0.1, 0.15) is 0 Å². The van der Waals surface area contributed by atoms with Crippen LogP contribution in [0.15, 0.2) is 0 Å². The third-order valence-electron chi connectivity index (χ3n) is 3.37. The van der Waals surface area contributed by atoms with Crippen LogP contribution in [0.4, 0.5) is 0 Å². The van der Waals surface area contributed by atoms with Gasteiger partial charge in [-0.25, -0.2) is 3.11 Å². The highest BCUT2D eigenvalue weighted by molar-refractivity contribution is 14.1. The van der Waals surface area contributed by atoms with Crippen LogP contribution >= 0.6 is 22.9 Å². The van der Waals surface area contributed by atoms with Crippen molar-refractivity contribution >= 4 is 22.9 Å². The molecule has 76 valence electrons. The maximum absolute atomic E-state index is 2.45. The second-order valence-corrected chi connectivity index (χ2v) is 6.04. The summed E-state index contributed by atoms with van der Waals surface area (Å²) in [6.45, 7) is 5.33. The molecule has 2 aliphatic rings. The molecule has 0 bridgehead atoms. The topological polar surface area (TPSA) is 6.48 Å². The van der Waals surface area contributed by atoms with E-state index in [1.54, 1.807) is 0 Å². The van der Waals surface area contributed by atoms with Crippen molar-refractivity contribution in [3.05, 3.63) is 0 Å². The highest BCUT2D eigenvalue weighted by Gasteiger charge is 2.27. The van der Waals surface area contributed by atoms with Crippen molar-refractivity contribution < 1.29 is 0 Å². The van der Waals surface area contributed by atoms with Crippen molar-refractivity contribution in [2.75, 3.05) is 33.2 Å².